The summed E-state index contributed by atoms with van der Waals surface area (Å²) in [5.74, 6) is 5.04. The first-order valence-corrected chi connectivity index (χ1v) is 6.60. The number of carbonyl (C=O) groups is 1. The zero-order chi connectivity index (χ0) is 16.2. The first-order valence-electron chi connectivity index (χ1n) is 6.60. The van der Waals surface area contributed by atoms with Gasteiger partial charge in [0, 0.05) is 19.2 Å². The number of nitrogen functional groups attached to an aromatic ring is 1. The van der Waals surface area contributed by atoms with Gasteiger partial charge in [-0.3, -0.25) is 10.6 Å². The fraction of sp³-hybridized carbons (Fsp3) is 0.500. The van der Waals surface area contributed by atoms with Crippen LogP contribution in [0.25, 0.3) is 0 Å². The molecule has 0 spiro atoms. The Morgan fingerprint density at radius 3 is 2.48 bits per heavy atom. The van der Waals surface area contributed by atoms with Gasteiger partial charge in [0.25, 0.3) is 5.91 Å². The first-order chi connectivity index (χ1) is 9.66. The minimum Gasteiger partial charge on any atom is -0.342 e. The van der Waals surface area contributed by atoms with Gasteiger partial charge in [0.15, 0.2) is 0 Å². The number of hydrogen-bond acceptors (Lipinski definition) is 3. The van der Waals surface area contributed by atoms with Crippen molar-refractivity contribution in [1.29, 1.82) is 0 Å². The van der Waals surface area contributed by atoms with Crippen LogP contribution in [0, 0.1) is 5.92 Å². The summed E-state index contributed by atoms with van der Waals surface area (Å²) in [6.07, 6.45) is -3.79. The van der Waals surface area contributed by atoms with E-state index in [9.17, 15) is 18.0 Å². The molecule has 0 bridgehead atoms. The van der Waals surface area contributed by atoms with Crippen molar-refractivity contribution in [3.05, 3.63) is 29.3 Å². The third-order valence-electron chi connectivity index (χ3n) is 3.12. The zero-order valence-electron chi connectivity index (χ0n) is 12.3. The Hall–Kier alpha value is -1.76. The normalized spacial score (nSPS) is 11.6. The van der Waals surface area contributed by atoms with Gasteiger partial charge in [-0.25, -0.2) is 0 Å². The second-order valence-electron chi connectivity index (χ2n) is 5.31. The summed E-state index contributed by atoms with van der Waals surface area (Å²) in [6.45, 7) is 4.53. The number of amides is 1. The zero-order valence-corrected chi connectivity index (χ0v) is 12.3. The summed E-state index contributed by atoms with van der Waals surface area (Å²) in [7, 11) is 1.58. The summed E-state index contributed by atoms with van der Waals surface area (Å²) in [4.78, 5) is 13.6. The number of rotatable bonds is 5. The fourth-order valence-corrected chi connectivity index (χ4v) is 1.81. The van der Waals surface area contributed by atoms with Crippen molar-refractivity contribution in [1.82, 2.24) is 4.90 Å². The number of nitrogens with one attached hydrogen (secondary N) is 1. The number of nitrogens with zero attached hydrogens (tertiary/aromatic N) is 1. The number of nitrogens with two attached hydrogens (primary N) is 1. The monoisotopic (exact) mass is 303 g/mol. The molecule has 0 aliphatic carbocycles. The lowest BCUT2D eigenvalue weighted by Gasteiger charge is -2.20. The van der Waals surface area contributed by atoms with Gasteiger partial charge in [0.05, 0.1) is 11.3 Å². The van der Waals surface area contributed by atoms with Crippen molar-refractivity contribution < 1.29 is 18.0 Å². The molecule has 0 saturated carbocycles. The summed E-state index contributed by atoms with van der Waals surface area (Å²) in [5, 5.41) is 0. The van der Waals surface area contributed by atoms with Crippen LogP contribution in [0.1, 0.15) is 36.2 Å². The molecule has 1 aromatic rings. The van der Waals surface area contributed by atoms with Crippen molar-refractivity contribution in [2.75, 3.05) is 19.0 Å². The molecule has 0 saturated heterocycles. The molecule has 0 aliphatic heterocycles. The van der Waals surface area contributed by atoms with E-state index in [1.807, 2.05) is 19.3 Å². The number of hydrazine groups is 1. The maximum absolute atomic E-state index is 12.9. The third-order valence-corrected chi connectivity index (χ3v) is 3.12. The average Bonchev–Trinajstić information content (AvgIpc) is 2.42. The Morgan fingerprint density at radius 1 is 1.38 bits per heavy atom. The van der Waals surface area contributed by atoms with E-state index in [0.29, 0.717) is 12.5 Å². The smallest absolute Gasteiger partial charge is 0.342 e. The molecule has 3 N–H and O–H groups in total. The molecule has 1 amide bonds. The summed E-state index contributed by atoms with van der Waals surface area (Å²) < 4.78 is 38.7. The van der Waals surface area contributed by atoms with Crippen molar-refractivity contribution in [3.8, 4) is 0 Å². The molecule has 0 radical (unpaired) electrons. The second-order valence-corrected chi connectivity index (χ2v) is 5.31. The molecular formula is C14H20F3N3O. The standard InChI is InChI=1S/C14H20F3N3O/c1-9(2)6-7-20(3)13(21)10-4-5-12(19-18)11(8-10)14(15,16)17/h4-5,8-9,19H,6-7,18H2,1-3H3. The van der Waals surface area contributed by atoms with Crippen LogP contribution in [0.5, 0.6) is 0 Å². The number of benzene rings is 1. The molecule has 1 aromatic carbocycles. The van der Waals surface area contributed by atoms with E-state index in [1.54, 1.807) is 7.05 Å². The Kier molecular flexibility index (Phi) is 5.60. The van der Waals surface area contributed by atoms with Crippen LogP contribution < -0.4 is 11.3 Å². The van der Waals surface area contributed by atoms with E-state index in [1.165, 1.54) is 11.0 Å². The molecule has 0 unspecified atom stereocenters. The second kappa shape index (κ2) is 6.80. The van der Waals surface area contributed by atoms with E-state index < -0.39 is 17.6 Å². The summed E-state index contributed by atoms with van der Waals surface area (Å²) in [6, 6.07) is 3.31. The van der Waals surface area contributed by atoms with Crippen LogP contribution in [0.4, 0.5) is 18.9 Å². The Balaban J connectivity index is 3.01. The van der Waals surface area contributed by atoms with Crippen LogP contribution in [0.2, 0.25) is 0 Å². The highest BCUT2D eigenvalue weighted by Crippen LogP contribution is 2.35. The molecule has 0 fully saturated rings. The molecule has 21 heavy (non-hydrogen) atoms. The lowest BCUT2D eigenvalue weighted by Crippen LogP contribution is -2.29. The van der Waals surface area contributed by atoms with E-state index >= 15 is 0 Å². The van der Waals surface area contributed by atoms with Crippen LogP contribution in [0.3, 0.4) is 0 Å². The number of alkyl halides is 3. The van der Waals surface area contributed by atoms with Crippen LogP contribution in [-0.2, 0) is 6.18 Å². The molecule has 0 aliphatic rings. The molecular weight excluding hydrogens is 283 g/mol. The highest BCUT2D eigenvalue weighted by molar-refractivity contribution is 5.94. The van der Waals surface area contributed by atoms with Gasteiger partial charge < -0.3 is 10.3 Å². The molecule has 118 valence electrons. The van der Waals surface area contributed by atoms with Gasteiger partial charge in [0.2, 0.25) is 0 Å². The number of halogens is 3. The minimum absolute atomic E-state index is 0.00687. The maximum Gasteiger partial charge on any atom is 0.418 e. The van der Waals surface area contributed by atoms with Crippen LogP contribution in [0.15, 0.2) is 18.2 Å². The maximum atomic E-state index is 12.9. The third kappa shape index (κ3) is 4.63. The van der Waals surface area contributed by atoms with E-state index in [-0.39, 0.29) is 11.3 Å². The predicted molar refractivity (Wildman–Crippen MR) is 75.7 cm³/mol. The number of anilines is 1. The van der Waals surface area contributed by atoms with Crippen molar-refractivity contribution in [2.24, 2.45) is 11.8 Å². The molecule has 0 heterocycles. The molecule has 0 aromatic heterocycles. The molecule has 7 heteroatoms. The van der Waals surface area contributed by atoms with Gasteiger partial charge in [0.1, 0.15) is 0 Å². The summed E-state index contributed by atoms with van der Waals surface area (Å²) in [5.41, 5.74) is 0.775. The lowest BCUT2D eigenvalue weighted by atomic mass is 10.1. The highest BCUT2D eigenvalue weighted by Gasteiger charge is 2.34. The van der Waals surface area contributed by atoms with Gasteiger partial charge >= 0.3 is 6.18 Å². The van der Waals surface area contributed by atoms with Gasteiger partial charge in [-0.15, -0.1) is 0 Å². The van der Waals surface area contributed by atoms with Crippen LogP contribution in [-0.4, -0.2) is 24.4 Å². The Bertz CT molecular complexity index is 501. The van der Waals surface area contributed by atoms with E-state index in [2.05, 4.69) is 0 Å². The molecule has 4 nitrogen and oxygen atoms in total. The van der Waals surface area contributed by atoms with Gasteiger partial charge in [-0.2, -0.15) is 13.2 Å². The summed E-state index contributed by atoms with van der Waals surface area (Å²) >= 11 is 0. The Labute approximate surface area is 122 Å². The SMILES string of the molecule is CC(C)CCN(C)C(=O)c1ccc(NN)c(C(F)(F)F)c1. The first kappa shape index (κ1) is 17.3. The van der Waals surface area contributed by atoms with Crippen molar-refractivity contribution >= 4 is 11.6 Å². The molecule has 1 rings (SSSR count). The fourth-order valence-electron chi connectivity index (χ4n) is 1.81. The van der Waals surface area contributed by atoms with Crippen molar-refractivity contribution in [2.45, 2.75) is 26.4 Å². The highest BCUT2D eigenvalue weighted by atomic mass is 19.4. The largest absolute Gasteiger partial charge is 0.418 e. The topological polar surface area (TPSA) is 58.4 Å². The predicted octanol–water partition coefficient (Wildman–Crippen LogP) is 3.11. The van der Waals surface area contributed by atoms with Crippen LogP contribution >= 0.6 is 0 Å². The average molecular weight is 303 g/mol. The van der Waals surface area contributed by atoms with Gasteiger partial charge in [-0.1, -0.05) is 13.8 Å². The number of carbonyl (C=O) groups excluding carboxylic acids is 1. The Morgan fingerprint density at radius 2 is 2.00 bits per heavy atom. The molecule has 0 atom stereocenters. The van der Waals surface area contributed by atoms with E-state index in [4.69, 9.17) is 5.84 Å². The minimum atomic E-state index is -4.57. The van der Waals surface area contributed by atoms with E-state index in [0.717, 1.165) is 18.6 Å². The lowest BCUT2D eigenvalue weighted by molar-refractivity contribution is -0.137. The quantitative estimate of drug-likeness (QED) is 0.649. The number of hydrogen-bond donors (Lipinski definition) is 2. The van der Waals surface area contributed by atoms with Gasteiger partial charge in [-0.05, 0) is 30.5 Å². The van der Waals surface area contributed by atoms with Crippen molar-refractivity contribution in [3.63, 3.8) is 0 Å².